The third-order valence-electron chi connectivity index (χ3n) is 2.81. The average molecular weight is 352 g/mol. The maximum atomic E-state index is 12.3. The summed E-state index contributed by atoms with van der Waals surface area (Å²) in [6.45, 7) is 2.74. The molecule has 0 atom stereocenters. The molecule has 2 aromatic heterocycles. The number of carbonyl (C=O) groups excluding carboxylic acids is 1. The highest BCUT2D eigenvalue weighted by Gasteiger charge is 2.14. The molecule has 7 heteroatoms. The summed E-state index contributed by atoms with van der Waals surface area (Å²) in [7, 11) is 0. The van der Waals surface area contributed by atoms with Gasteiger partial charge in [-0.2, -0.15) is 0 Å². The Morgan fingerprint density at radius 1 is 1.43 bits per heavy atom. The number of nitrogens with one attached hydrogen (secondary N) is 1. The summed E-state index contributed by atoms with van der Waals surface area (Å²) in [6, 6.07) is 4.41. The molecule has 0 fully saturated rings. The predicted octanol–water partition coefficient (Wildman–Crippen LogP) is 3.01. The number of hydrogen-bond donors (Lipinski definition) is 2. The highest BCUT2D eigenvalue weighted by atomic mass is 79.9. The Kier molecular flexibility index (Phi) is 4.74. The lowest BCUT2D eigenvalue weighted by molar-refractivity contribution is 0.0696. The van der Waals surface area contributed by atoms with E-state index in [1.807, 2.05) is 17.7 Å². The first-order valence-corrected chi connectivity index (χ1v) is 7.17. The predicted molar refractivity (Wildman–Crippen MR) is 81.6 cm³/mol. The van der Waals surface area contributed by atoms with Gasteiger partial charge in [-0.3, -0.25) is 4.79 Å². The largest absolute Gasteiger partial charge is 0.478 e. The molecule has 6 nitrogen and oxygen atoms in total. The van der Waals surface area contributed by atoms with Crippen molar-refractivity contribution in [3.8, 4) is 0 Å². The fourth-order valence-corrected chi connectivity index (χ4v) is 2.37. The molecule has 0 aliphatic rings. The number of rotatable bonds is 5. The second kappa shape index (κ2) is 6.53. The van der Waals surface area contributed by atoms with Crippen LogP contribution in [0.25, 0.3) is 0 Å². The van der Waals surface area contributed by atoms with Crippen molar-refractivity contribution in [2.24, 2.45) is 0 Å². The second-order valence-corrected chi connectivity index (χ2v) is 5.34. The SMILES string of the molecule is CCCn1cc(Br)cc1C(=O)Nc1cc(C(=O)O)ccn1. The van der Waals surface area contributed by atoms with Gasteiger partial charge in [0.25, 0.3) is 5.91 Å². The summed E-state index contributed by atoms with van der Waals surface area (Å²) in [5, 5.41) is 11.5. The molecule has 2 heterocycles. The van der Waals surface area contributed by atoms with Gasteiger partial charge in [0.1, 0.15) is 11.5 Å². The number of amides is 1. The van der Waals surface area contributed by atoms with E-state index in [0.29, 0.717) is 5.69 Å². The van der Waals surface area contributed by atoms with Gasteiger partial charge in [-0.25, -0.2) is 9.78 Å². The van der Waals surface area contributed by atoms with Crippen molar-refractivity contribution in [3.63, 3.8) is 0 Å². The third-order valence-corrected chi connectivity index (χ3v) is 3.24. The number of halogens is 1. The summed E-state index contributed by atoms with van der Waals surface area (Å²) >= 11 is 3.34. The number of carboxylic acids is 1. The molecule has 110 valence electrons. The molecule has 0 aliphatic heterocycles. The van der Waals surface area contributed by atoms with Crippen LogP contribution in [0.15, 0.2) is 35.1 Å². The van der Waals surface area contributed by atoms with Gasteiger partial charge in [-0.15, -0.1) is 0 Å². The Balaban J connectivity index is 2.22. The van der Waals surface area contributed by atoms with Gasteiger partial charge in [-0.1, -0.05) is 6.92 Å². The minimum Gasteiger partial charge on any atom is -0.478 e. The first-order valence-electron chi connectivity index (χ1n) is 6.37. The van der Waals surface area contributed by atoms with Gasteiger partial charge in [0.2, 0.25) is 0 Å². The summed E-state index contributed by atoms with van der Waals surface area (Å²) < 4.78 is 2.65. The van der Waals surface area contributed by atoms with Crippen LogP contribution in [0.1, 0.15) is 34.2 Å². The molecular weight excluding hydrogens is 338 g/mol. The number of aromatic carboxylic acids is 1. The van der Waals surface area contributed by atoms with Crippen molar-refractivity contribution in [1.29, 1.82) is 0 Å². The number of aromatic nitrogens is 2. The molecule has 1 amide bonds. The van der Waals surface area contributed by atoms with Gasteiger partial charge >= 0.3 is 5.97 Å². The van der Waals surface area contributed by atoms with Gasteiger partial charge in [0, 0.05) is 23.4 Å². The van der Waals surface area contributed by atoms with Crippen molar-refractivity contribution in [2.75, 3.05) is 5.32 Å². The minimum absolute atomic E-state index is 0.0745. The van der Waals surface area contributed by atoms with Crippen LogP contribution in [-0.2, 0) is 6.54 Å². The molecule has 21 heavy (non-hydrogen) atoms. The summed E-state index contributed by atoms with van der Waals surface area (Å²) in [4.78, 5) is 27.1. The van der Waals surface area contributed by atoms with Crippen molar-refractivity contribution in [1.82, 2.24) is 9.55 Å². The van der Waals surface area contributed by atoms with E-state index < -0.39 is 5.97 Å². The van der Waals surface area contributed by atoms with E-state index in [1.165, 1.54) is 18.3 Å². The van der Waals surface area contributed by atoms with E-state index in [0.717, 1.165) is 17.4 Å². The Morgan fingerprint density at radius 2 is 2.19 bits per heavy atom. The van der Waals surface area contributed by atoms with Crippen LogP contribution in [-0.4, -0.2) is 26.5 Å². The molecule has 0 saturated carbocycles. The average Bonchev–Trinajstić information content (AvgIpc) is 2.80. The number of carbonyl (C=O) groups is 2. The van der Waals surface area contributed by atoms with Crippen molar-refractivity contribution >= 4 is 33.6 Å². The van der Waals surface area contributed by atoms with Crippen LogP contribution in [0, 0.1) is 0 Å². The van der Waals surface area contributed by atoms with Gasteiger partial charge < -0.3 is 15.0 Å². The van der Waals surface area contributed by atoms with Crippen LogP contribution in [0.4, 0.5) is 5.82 Å². The highest BCUT2D eigenvalue weighted by Crippen LogP contribution is 2.17. The molecule has 0 saturated heterocycles. The molecular formula is C14H14BrN3O3. The molecule has 2 rings (SSSR count). The quantitative estimate of drug-likeness (QED) is 0.866. The first-order chi connectivity index (χ1) is 10.0. The fraction of sp³-hybridized carbons (Fsp3) is 0.214. The minimum atomic E-state index is -1.06. The topological polar surface area (TPSA) is 84.2 Å². The van der Waals surface area contributed by atoms with E-state index >= 15 is 0 Å². The van der Waals surface area contributed by atoms with Gasteiger partial charge in [0.15, 0.2) is 0 Å². The Labute approximate surface area is 129 Å². The van der Waals surface area contributed by atoms with Gasteiger partial charge in [0.05, 0.1) is 5.56 Å². The number of nitrogens with zero attached hydrogens (tertiary/aromatic N) is 2. The zero-order valence-electron chi connectivity index (χ0n) is 11.3. The van der Waals surface area contributed by atoms with E-state index in [2.05, 4.69) is 26.2 Å². The van der Waals surface area contributed by atoms with Crippen LogP contribution in [0.3, 0.4) is 0 Å². The van der Waals surface area contributed by atoms with E-state index in [-0.39, 0.29) is 17.3 Å². The zero-order valence-corrected chi connectivity index (χ0v) is 12.9. The zero-order chi connectivity index (χ0) is 15.4. The number of carboxylic acid groups (broad SMARTS) is 1. The molecule has 2 aromatic rings. The highest BCUT2D eigenvalue weighted by molar-refractivity contribution is 9.10. The monoisotopic (exact) mass is 351 g/mol. The molecule has 0 aliphatic carbocycles. The standard InChI is InChI=1S/C14H14BrN3O3/c1-2-5-18-8-10(15)7-11(18)13(19)17-12-6-9(14(20)21)3-4-16-12/h3-4,6-8H,2,5H2,1H3,(H,20,21)(H,16,17,19). The van der Waals surface area contributed by atoms with Crippen LogP contribution in [0.5, 0.6) is 0 Å². The lowest BCUT2D eigenvalue weighted by Crippen LogP contribution is -2.17. The molecule has 2 N–H and O–H groups in total. The van der Waals surface area contributed by atoms with E-state index in [9.17, 15) is 9.59 Å². The Hall–Kier alpha value is -2.15. The Morgan fingerprint density at radius 3 is 2.86 bits per heavy atom. The third kappa shape index (κ3) is 3.69. The Bertz CT molecular complexity index is 682. The number of aryl methyl sites for hydroxylation is 1. The first kappa shape index (κ1) is 15.2. The lowest BCUT2D eigenvalue weighted by Gasteiger charge is -2.08. The van der Waals surface area contributed by atoms with Crippen molar-refractivity contribution in [3.05, 3.63) is 46.3 Å². The van der Waals surface area contributed by atoms with E-state index in [4.69, 9.17) is 5.11 Å². The molecule has 0 unspecified atom stereocenters. The molecule has 0 bridgehead atoms. The summed E-state index contributed by atoms with van der Waals surface area (Å²) in [5.74, 6) is -1.19. The maximum absolute atomic E-state index is 12.3. The summed E-state index contributed by atoms with van der Waals surface area (Å²) in [6.07, 6.45) is 4.08. The molecule has 0 spiro atoms. The number of hydrogen-bond acceptors (Lipinski definition) is 3. The van der Waals surface area contributed by atoms with Crippen LogP contribution >= 0.6 is 15.9 Å². The van der Waals surface area contributed by atoms with Gasteiger partial charge in [-0.05, 0) is 40.5 Å². The summed E-state index contributed by atoms with van der Waals surface area (Å²) in [5.41, 5.74) is 0.566. The molecule has 0 aromatic carbocycles. The van der Waals surface area contributed by atoms with E-state index in [1.54, 1.807) is 6.07 Å². The second-order valence-electron chi connectivity index (χ2n) is 4.43. The normalized spacial score (nSPS) is 10.4. The fourth-order valence-electron chi connectivity index (χ4n) is 1.90. The lowest BCUT2D eigenvalue weighted by atomic mass is 10.2. The van der Waals surface area contributed by atoms with Crippen LogP contribution < -0.4 is 5.32 Å². The smallest absolute Gasteiger partial charge is 0.335 e. The van der Waals surface area contributed by atoms with Crippen LogP contribution in [0.2, 0.25) is 0 Å². The maximum Gasteiger partial charge on any atom is 0.335 e. The number of anilines is 1. The van der Waals surface area contributed by atoms with Crippen molar-refractivity contribution < 1.29 is 14.7 Å². The molecule has 0 radical (unpaired) electrons. The van der Waals surface area contributed by atoms with Crippen molar-refractivity contribution in [2.45, 2.75) is 19.9 Å². The number of pyridine rings is 1.